The fourth-order valence-electron chi connectivity index (χ4n) is 3.99. The molecule has 1 N–H and O–H groups in total. The number of para-hydroxylation sites is 2. The van der Waals surface area contributed by atoms with Crippen molar-refractivity contribution in [2.24, 2.45) is 0 Å². The number of ether oxygens (including phenoxy) is 1. The third-order valence-electron chi connectivity index (χ3n) is 5.62. The number of thiophene rings is 1. The Morgan fingerprint density at radius 3 is 2.76 bits per heavy atom. The first kappa shape index (κ1) is 21.1. The minimum Gasteiger partial charge on any atom is -0.477 e. The number of fused-ring (bicyclic) bond motifs is 2. The van der Waals surface area contributed by atoms with E-state index in [1.807, 2.05) is 60.3 Å². The van der Waals surface area contributed by atoms with Crippen molar-refractivity contribution in [3.05, 3.63) is 59.6 Å². The second-order valence-electron chi connectivity index (χ2n) is 8.06. The fraction of sp³-hybridized carbons (Fsp3) is 0.250. The average Bonchev–Trinajstić information content (AvgIpc) is 3.52. The Morgan fingerprint density at radius 1 is 1.21 bits per heavy atom. The topological polar surface area (TPSA) is 89.4 Å². The quantitative estimate of drug-likeness (QED) is 0.498. The molecule has 8 nitrogen and oxygen atoms in total. The Hall–Kier alpha value is -3.72. The molecule has 0 saturated carbocycles. The molecule has 168 valence electrons. The van der Waals surface area contributed by atoms with E-state index >= 15 is 0 Å². The Balaban J connectivity index is 1.67. The number of anilines is 1. The molecule has 3 aromatic heterocycles. The number of benzene rings is 1. The van der Waals surface area contributed by atoms with E-state index in [1.165, 1.54) is 0 Å². The first-order valence-corrected chi connectivity index (χ1v) is 11.6. The van der Waals surface area contributed by atoms with Crippen LogP contribution in [-0.2, 0) is 4.79 Å². The maximum Gasteiger partial charge on any atom is 0.262 e. The van der Waals surface area contributed by atoms with Gasteiger partial charge in [0.1, 0.15) is 5.75 Å². The molecule has 1 aliphatic heterocycles. The van der Waals surface area contributed by atoms with Gasteiger partial charge in [-0.25, -0.2) is 9.67 Å². The summed E-state index contributed by atoms with van der Waals surface area (Å²) in [5, 5.41) is 9.77. The summed E-state index contributed by atoms with van der Waals surface area (Å²) >= 11 is 1.56. The van der Waals surface area contributed by atoms with Crippen LogP contribution < -0.4 is 15.0 Å². The monoisotopic (exact) mass is 461 g/mol. The van der Waals surface area contributed by atoms with E-state index in [2.05, 4.69) is 10.4 Å². The van der Waals surface area contributed by atoms with Crippen LogP contribution in [0, 0.1) is 0 Å². The lowest BCUT2D eigenvalue weighted by Gasteiger charge is -2.34. The van der Waals surface area contributed by atoms with Crippen molar-refractivity contribution in [1.29, 1.82) is 0 Å². The van der Waals surface area contributed by atoms with Gasteiger partial charge < -0.3 is 15.0 Å². The molecular formula is C24H23N5O3S. The van der Waals surface area contributed by atoms with E-state index < -0.39 is 6.10 Å². The molecule has 1 atom stereocenters. The van der Waals surface area contributed by atoms with E-state index in [-0.39, 0.29) is 24.4 Å². The summed E-state index contributed by atoms with van der Waals surface area (Å²) in [5.41, 5.74) is 2.49. The molecule has 0 aliphatic carbocycles. The first-order chi connectivity index (χ1) is 16.0. The summed E-state index contributed by atoms with van der Waals surface area (Å²) in [5.74, 6) is -0.0189. The summed E-state index contributed by atoms with van der Waals surface area (Å²) in [4.78, 5) is 33.8. The molecule has 0 saturated heterocycles. The van der Waals surface area contributed by atoms with Crippen LogP contribution in [0.2, 0.25) is 0 Å². The normalized spacial score (nSPS) is 15.4. The summed E-state index contributed by atoms with van der Waals surface area (Å²) in [6.07, 6.45) is 0.887. The lowest BCUT2D eigenvalue weighted by Crippen LogP contribution is -2.50. The van der Waals surface area contributed by atoms with Gasteiger partial charge >= 0.3 is 0 Å². The summed E-state index contributed by atoms with van der Waals surface area (Å²) in [7, 11) is 1.55. The van der Waals surface area contributed by atoms with Gasteiger partial charge in [0, 0.05) is 13.1 Å². The molecule has 9 heteroatoms. The van der Waals surface area contributed by atoms with Gasteiger partial charge in [0.25, 0.3) is 11.8 Å². The predicted molar refractivity (Wildman–Crippen MR) is 128 cm³/mol. The van der Waals surface area contributed by atoms with Crippen molar-refractivity contribution < 1.29 is 14.3 Å². The van der Waals surface area contributed by atoms with Gasteiger partial charge in [0.15, 0.2) is 11.8 Å². The lowest BCUT2D eigenvalue weighted by molar-refractivity contribution is -0.127. The number of hydrogen-bond acceptors (Lipinski definition) is 6. The third kappa shape index (κ3) is 3.64. The van der Waals surface area contributed by atoms with Crippen LogP contribution >= 0.6 is 11.3 Å². The minimum atomic E-state index is -0.804. The molecule has 4 aromatic rings. The van der Waals surface area contributed by atoms with Gasteiger partial charge in [0.2, 0.25) is 0 Å². The van der Waals surface area contributed by atoms with E-state index in [0.29, 0.717) is 33.7 Å². The smallest absolute Gasteiger partial charge is 0.262 e. The highest BCUT2D eigenvalue weighted by Crippen LogP contribution is 2.36. The second-order valence-corrected chi connectivity index (χ2v) is 9.00. The highest BCUT2D eigenvalue weighted by atomic mass is 32.1. The predicted octanol–water partition coefficient (Wildman–Crippen LogP) is 3.89. The zero-order chi connectivity index (χ0) is 23.1. The molecule has 1 unspecified atom stereocenters. The summed E-state index contributed by atoms with van der Waals surface area (Å²) < 4.78 is 7.70. The van der Waals surface area contributed by atoms with Crippen molar-refractivity contribution in [3.8, 4) is 16.3 Å². The molecule has 1 aromatic carbocycles. The van der Waals surface area contributed by atoms with Crippen LogP contribution in [0.5, 0.6) is 5.75 Å². The van der Waals surface area contributed by atoms with Crippen molar-refractivity contribution in [2.45, 2.75) is 26.0 Å². The zero-order valence-electron chi connectivity index (χ0n) is 18.5. The number of pyridine rings is 1. The number of rotatable bonds is 4. The van der Waals surface area contributed by atoms with Crippen molar-refractivity contribution >= 4 is 39.9 Å². The van der Waals surface area contributed by atoms with Gasteiger partial charge in [-0.1, -0.05) is 18.2 Å². The maximum atomic E-state index is 14.0. The second kappa shape index (κ2) is 8.32. The van der Waals surface area contributed by atoms with Gasteiger partial charge in [-0.2, -0.15) is 5.10 Å². The Kier molecular flexibility index (Phi) is 5.33. The Bertz CT molecular complexity index is 1350. The number of aromatic nitrogens is 3. The van der Waals surface area contributed by atoms with E-state index in [9.17, 15) is 9.59 Å². The number of likely N-dealkylation sites (N-methyl/N-ethyl adjacent to an activating group) is 1. The highest BCUT2D eigenvalue weighted by molar-refractivity contribution is 7.13. The maximum absolute atomic E-state index is 14.0. The van der Waals surface area contributed by atoms with Gasteiger partial charge in [-0.3, -0.25) is 9.59 Å². The molecule has 2 amide bonds. The molecule has 33 heavy (non-hydrogen) atoms. The van der Waals surface area contributed by atoms with Crippen LogP contribution in [0.25, 0.3) is 21.6 Å². The SMILES string of the molecule is CNC(=O)C1CN(C(=O)c2cc(-c3cccs3)nc3c2cnn3C(C)C)c2ccccc2O1. The summed E-state index contributed by atoms with van der Waals surface area (Å²) in [6.45, 7) is 4.16. The van der Waals surface area contributed by atoms with Gasteiger partial charge in [-0.05, 0) is 43.5 Å². The van der Waals surface area contributed by atoms with E-state index in [0.717, 1.165) is 4.88 Å². The molecular weight excluding hydrogens is 438 g/mol. The molecule has 0 fully saturated rings. The van der Waals surface area contributed by atoms with Gasteiger partial charge in [0.05, 0.1) is 39.9 Å². The molecule has 5 rings (SSSR count). The standard InChI is InChI=1S/C24H23N5O3S/c1-14(2)29-22-16(12-26-29)15(11-17(27-22)21-9-6-10-33-21)24(31)28-13-20(23(30)25-3)32-19-8-5-4-7-18(19)28/h4-12,14,20H,13H2,1-3H3,(H,25,30). The Morgan fingerprint density at radius 2 is 2.03 bits per heavy atom. The number of carbonyl (C=O) groups is 2. The van der Waals surface area contributed by atoms with Crippen molar-refractivity contribution in [2.75, 3.05) is 18.5 Å². The van der Waals surface area contributed by atoms with Gasteiger partial charge in [-0.15, -0.1) is 11.3 Å². The number of nitrogens with one attached hydrogen (secondary N) is 1. The van der Waals surface area contributed by atoms with Crippen LogP contribution in [0.4, 0.5) is 5.69 Å². The molecule has 1 aliphatic rings. The number of nitrogens with zero attached hydrogens (tertiary/aromatic N) is 4. The minimum absolute atomic E-state index is 0.0817. The van der Waals surface area contributed by atoms with Crippen molar-refractivity contribution in [1.82, 2.24) is 20.1 Å². The van der Waals surface area contributed by atoms with Crippen LogP contribution in [-0.4, -0.2) is 46.3 Å². The molecule has 0 radical (unpaired) electrons. The largest absolute Gasteiger partial charge is 0.477 e. The molecule has 4 heterocycles. The Labute approximate surface area is 194 Å². The van der Waals surface area contributed by atoms with Crippen LogP contribution in [0.15, 0.2) is 54.0 Å². The average molecular weight is 462 g/mol. The van der Waals surface area contributed by atoms with Crippen LogP contribution in [0.3, 0.4) is 0 Å². The van der Waals surface area contributed by atoms with E-state index in [1.54, 1.807) is 35.5 Å². The number of amides is 2. The third-order valence-corrected chi connectivity index (χ3v) is 6.51. The van der Waals surface area contributed by atoms with E-state index in [4.69, 9.17) is 9.72 Å². The lowest BCUT2D eigenvalue weighted by atomic mass is 10.1. The van der Waals surface area contributed by atoms with Crippen molar-refractivity contribution in [3.63, 3.8) is 0 Å². The molecule has 0 bridgehead atoms. The number of hydrogen-bond donors (Lipinski definition) is 1. The zero-order valence-corrected chi connectivity index (χ0v) is 19.3. The molecule has 0 spiro atoms. The number of carbonyl (C=O) groups excluding carboxylic acids is 2. The summed E-state index contributed by atoms with van der Waals surface area (Å²) in [6, 6.07) is 13.1. The first-order valence-electron chi connectivity index (χ1n) is 10.7. The fourth-order valence-corrected chi connectivity index (χ4v) is 4.68. The highest BCUT2D eigenvalue weighted by Gasteiger charge is 2.35. The van der Waals surface area contributed by atoms with Crippen LogP contribution in [0.1, 0.15) is 30.2 Å².